The number of nitrogens with one attached hydrogen (secondary N) is 1. The molecule has 1 unspecified atom stereocenters. The van der Waals surface area contributed by atoms with E-state index in [9.17, 15) is 0 Å². The number of likely N-dealkylation sites (N-methyl/N-ethyl adjacent to an activating group) is 1. The molecule has 1 N–H and O–H groups in total. The standard InChI is InChI=1S/C14H23NO/c1-5-13(15-6-2)10-16-14-9-11(3)7-8-12(14)4/h7-9,13,15H,5-6,10H2,1-4H3. The monoisotopic (exact) mass is 221 g/mol. The first-order valence-corrected chi connectivity index (χ1v) is 6.10. The number of hydrogen-bond donors (Lipinski definition) is 1. The van der Waals surface area contributed by atoms with E-state index >= 15 is 0 Å². The lowest BCUT2D eigenvalue weighted by atomic mass is 10.1. The van der Waals surface area contributed by atoms with E-state index in [1.54, 1.807) is 0 Å². The highest BCUT2D eigenvalue weighted by atomic mass is 16.5. The van der Waals surface area contributed by atoms with Crippen LogP contribution in [0.1, 0.15) is 31.4 Å². The minimum atomic E-state index is 0.449. The maximum Gasteiger partial charge on any atom is 0.122 e. The summed E-state index contributed by atoms with van der Waals surface area (Å²) in [5, 5.41) is 3.41. The summed E-state index contributed by atoms with van der Waals surface area (Å²) in [4.78, 5) is 0. The van der Waals surface area contributed by atoms with Gasteiger partial charge in [0, 0.05) is 6.04 Å². The van der Waals surface area contributed by atoms with Gasteiger partial charge in [-0.1, -0.05) is 26.0 Å². The maximum atomic E-state index is 5.86. The van der Waals surface area contributed by atoms with Crippen molar-refractivity contribution in [3.05, 3.63) is 29.3 Å². The van der Waals surface area contributed by atoms with E-state index < -0.39 is 0 Å². The molecule has 2 heteroatoms. The van der Waals surface area contributed by atoms with Gasteiger partial charge in [-0.3, -0.25) is 0 Å². The molecule has 0 bridgehead atoms. The predicted octanol–water partition coefficient (Wildman–Crippen LogP) is 3.07. The van der Waals surface area contributed by atoms with Gasteiger partial charge in [-0.15, -0.1) is 0 Å². The van der Waals surface area contributed by atoms with Crippen LogP contribution in [0.4, 0.5) is 0 Å². The number of rotatable bonds is 6. The highest BCUT2D eigenvalue weighted by molar-refractivity contribution is 5.35. The lowest BCUT2D eigenvalue weighted by molar-refractivity contribution is 0.260. The Morgan fingerprint density at radius 2 is 2.00 bits per heavy atom. The molecule has 1 atom stereocenters. The normalized spacial score (nSPS) is 12.5. The molecule has 2 nitrogen and oxygen atoms in total. The van der Waals surface area contributed by atoms with Gasteiger partial charge in [-0.2, -0.15) is 0 Å². The second-order valence-electron chi connectivity index (χ2n) is 4.24. The van der Waals surface area contributed by atoms with E-state index in [4.69, 9.17) is 4.74 Å². The second kappa shape index (κ2) is 6.54. The fourth-order valence-corrected chi connectivity index (χ4v) is 1.66. The van der Waals surface area contributed by atoms with Crippen molar-refractivity contribution in [2.45, 2.75) is 40.2 Å². The molecule has 0 saturated heterocycles. The Morgan fingerprint density at radius 3 is 2.62 bits per heavy atom. The van der Waals surface area contributed by atoms with Gasteiger partial charge in [0.1, 0.15) is 12.4 Å². The zero-order valence-corrected chi connectivity index (χ0v) is 10.8. The Labute approximate surface area is 99.0 Å². The van der Waals surface area contributed by atoms with Crippen molar-refractivity contribution in [3.8, 4) is 5.75 Å². The van der Waals surface area contributed by atoms with Gasteiger partial charge in [0.25, 0.3) is 0 Å². The molecule has 0 aliphatic heterocycles. The van der Waals surface area contributed by atoms with E-state index in [1.165, 1.54) is 11.1 Å². The van der Waals surface area contributed by atoms with Crippen LogP contribution >= 0.6 is 0 Å². The van der Waals surface area contributed by atoms with Crippen LogP contribution in [0.25, 0.3) is 0 Å². The molecule has 1 aromatic carbocycles. The fourth-order valence-electron chi connectivity index (χ4n) is 1.66. The summed E-state index contributed by atoms with van der Waals surface area (Å²) in [6, 6.07) is 6.78. The predicted molar refractivity (Wildman–Crippen MR) is 69.2 cm³/mol. The van der Waals surface area contributed by atoms with E-state index in [2.05, 4.69) is 51.2 Å². The molecular weight excluding hydrogens is 198 g/mol. The SMILES string of the molecule is CCNC(CC)COc1cc(C)ccc1C. The molecule has 0 aromatic heterocycles. The third-order valence-corrected chi connectivity index (χ3v) is 2.77. The summed E-state index contributed by atoms with van der Waals surface area (Å²) in [6.45, 7) is 10.2. The first-order chi connectivity index (χ1) is 7.67. The zero-order valence-electron chi connectivity index (χ0n) is 10.8. The Bertz CT molecular complexity index is 323. The van der Waals surface area contributed by atoms with Gasteiger partial charge < -0.3 is 10.1 Å². The Balaban J connectivity index is 2.55. The van der Waals surface area contributed by atoms with Gasteiger partial charge in [-0.05, 0) is 44.0 Å². The van der Waals surface area contributed by atoms with Gasteiger partial charge in [0.05, 0.1) is 0 Å². The smallest absolute Gasteiger partial charge is 0.122 e. The van der Waals surface area contributed by atoms with Crippen LogP contribution in [-0.2, 0) is 0 Å². The van der Waals surface area contributed by atoms with Crippen LogP contribution in [0.2, 0.25) is 0 Å². The molecule has 0 heterocycles. The van der Waals surface area contributed by atoms with Gasteiger partial charge >= 0.3 is 0 Å². The quantitative estimate of drug-likeness (QED) is 0.797. The number of aryl methyl sites for hydroxylation is 2. The molecule has 0 radical (unpaired) electrons. The van der Waals surface area contributed by atoms with Crippen molar-refractivity contribution in [2.75, 3.05) is 13.2 Å². The van der Waals surface area contributed by atoms with Crippen LogP contribution in [0.3, 0.4) is 0 Å². The molecule has 0 aliphatic rings. The van der Waals surface area contributed by atoms with Crippen molar-refractivity contribution >= 4 is 0 Å². The average Bonchev–Trinajstić information content (AvgIpc) is 2.28. The van der Waals surface area contributed by atoms with Gasteiger partial charge in [0.2, 0.25) is 0 Å². The molecule has 0 aliphatic carbocycles. The molecule has 0 saturated carbocycles. The third-order valence-electron chi connectivity index (χ3n) is 2.77. The van der Waals surface area contributed by atoms with Crippen LogP contribution < -0.4 is 10.1 Å². The zero-order chi connectivity index (χ0) is 12.0. The average molecular weight is 221 g/mol. The van der Waals surface area contributed by atoms with E-state index in [0.29, 0.717) is 6.04 Å². The number of hydrogen-bond acceptors (Lipinski definition) is 2. The first kappa shape index (κ1) is 13.0. The van der Waals surface area contributed by atoms with Crippen molar-refractivity contribution in [1.82, 2.24) is 5.32 Å². The Morgan fingerprint density at radius 1 is 1.25 bits per heavy atom. The van der Waals surface area contributed by atoms with Crippen molar-refractivity contribution in [2.24, 2.45) is 0 Å². The summed E-state index contributed by atoms with van der Waals surface area (Å²) >= 11 is 0. The molecule has 1 rings (SSSR count). The largest absolute Gasteiger partial charge is 0.492 e. The maximum absolute atomic E-state index is 5.86. The molecule has 0 amide bonds. The highest BCUT2D eigenvalue weighted by Crippen LogP contribution is 2.19. The second-order valence-corrected chi connectivity index (χ2v) is 4.24. The van der Waals surface area contributed by atoms with Gasteiger partial charge in [-0.25, -0.2) is 0 Å². The number of benzene rings is 1. The van der Waals surface area contributed by atoms with Crippen LogP contribution in [0.5, 0.6) is 5.75 Å². The van der Waals surface area contributed by atoms with E-state index in [-0.39, 0.29) is 0 Å². The minimum Gasteiger partial charge on any atom is -0.492 e. The van der Waals surface area contributed by atoms with Crippen LogP contribution in [0, 0.1) is 13.8 Å². The summed E-state index contributed by atoms with van der Waals surface area (Å²) in [5.74, 6) is 1.01. The number of ether oxygens (including phenoxy) is 1. The van der Waals surface area contributed by atoms with E-state index in [1.807, 2.05) is 0 Å². The first-order valence-electron chi connectivity index (χ1n) is 6.10. The Hall–Kier alpha value is -1.02. The summed E-state index contributed by atoms with van der Waals surface area (Å²) < 4.78 is 5.86. The molecular formula is C14H23NO. The lowest BCUT2D eigenvalue weighted by Crippen LogP contribution is -2.33. The lowest BCUT2D eigenvalue weighted by Gasteiger charge is -2.17. The van der Waals surface area contributed by atoms with E-state index in [0.717, 1.165) is 25.3 Å². The molecule has 1 aromatic rings. The Kier molecular flexibility index (Phi) is 5.33. The minimum absolute atomic E-state index is 0.449. The molecule has 16 heavy (non-hydrogen) atoms. The fraction of sp³-hybridized carbons (Fsp3) is 0.571. The summed E-state index contributed by atoms with van der Waals surface area (Å²) in [5.41, 5.74) is 2.45. The third kappa shape index (κ3) is 3.86. The summed E-state index contributed by atoms with van der Waals surface area (Å²) in [7, 11) is 0. The van der Waals surface area contributed by atoms with Crippen molar-refractivity contribution in [1.29, 1.82) is 0 Å². The highest BCUT2D eigenvalue weighted by Gasteiger charge is 2.06. The molecule has 90 valence electrons. The van der Waals surface area contributed by atoms with Crippen molar-refractivity contribution < 1.29 is 4.74 Å². The van der Waals surface area contributed by atoms with Crippen molar-refractivity contribution in [3.63, 3.8) is 0 Å². The van der Waals surface area contributed by atoms with Crippen LogP contribution in [-0.4, -0.2) is 19.2 Å². The van der Waals surface area contributed by atoms with Gasteiger partial charge in [0.15, 0.2) is 0 Å². The van der Waals surface area contributed by atoms with Crippen LogP contribution in [0.15, 0.2) is 18.2 Å². The molecule has 0 fully saturated rings. The molecule has 0 spiro atoms. The summed E-state index contributed by atoms with van der Waals surface area (Å²) in [6.07, 6.45) is 1.10. The topological polar surface area (TPSA) is 21.3 Å².